The van der Waals surface area contributed by atoms with E-state index >= 15 is 0 Å². The fourth-order valence-corrected chi connectivity index (χ4v) is 1.61. The molecule has 0 amide bonds. The first-order valence-corrected chi connectivity index (χ1v) is 7.57. The summed E-state index contributed by atoms with van der Waals surface area (Å²) in [6.45, 7) is 3.70. The Hall–Kier alpha value is -1.31. The Morgan fingerprint density at radius 3 is 2.13 bits per heavy atom. The molecule has 5 nitrogen and oxygen atoms in total. The zero-order valence-electron chi connectivity index (χ0n) is 13.8. The van der Waals surface area contributed by atoms with E-state index in [4.69, 9.17) is 9.47 Å². The maximum absolute atomic E-state index is 12.2. The molecule has 0 fully saturated rings. The molecule has 0 aromatic rings. The van der Waals surface area contributed by atoms with Crippen molar-refractivity contribution in [3.8, 4) is 0 Å². The highest BCUT2D eigenvalue weighted by molar-refractivity contribution is 5.72. The van der Waals surface area contributed by atoms with E-state index in [2.05, 4.69) is 4.74 Å². The smallest absolute Gasteiger partial charge is 0.425 e. The molecule has 0 rings (SSSR count). The molecular formula is C15H25F3O5. The second-order valence-electron chi connectivity index (χ2n) is 5.42. The van der Waals surface area contributed by atoms with Gasteiger partial charge in [0.2, 0.25) is 0 Å². The van der Waals surface area contributed by atoms with Crippen LogP contribution in [0.3, 0.4) is 0 Å². The van der Waals surface area contributed by atoms with Gasteiger partial charge in [0.25, 0.3) is 0 Å². The number of esters is 2. The highest BCUT2D eigenvalue weighted by Crippen LogP contribution is 2.22. The van der Waals surface area contributed by atoms with E-state index < -0.39 is 24.2 Å². The average molecular weight is 342 g/mol. The van der Waals surface area contributed by atoms with Gasteiger partial charge in [-0.1, -0.05) is 6.92 Å². The van der Waals surface area contributed by atoms with Crippen LogP contribution >= 0.6 is 0 Å². The lowest BCUT2D eigenvalue weighted by Crippen LogP contribution is -2.30. The summed E-state index contributed by atoms with van der Waals surface area (Å²) in [5.41, 5.74) is 0. The number of hydrogen-bond acceptors (Lipinski definition) is 5. The SMILES string of the molecule is COCCC(C)CCOC(=O)CCCC(=O)OC(C)C(F)(F)F. The van der Waals surface area contributed by atoms with E-state index in [1.165, 1.54) is 0 Å². The first-order valence-electron chi connectivity index (χ1n) is 7.57. The zero-order valence-corrected chi connectivity index (χ0v) is 13.8. The maximum Gasteiger partial charge on any atom is 0.425 e. The van der Waals surface area contributed by atoms with Crippen molar-refractivity contribution >= 4 is 11.9 Å². The Morgan fingerprint density at radius 1 is 1.00 bits per heavy atom. The molecule has 0 saturated carbocycles. The fraction of sp³-hybridized carbons (Fsp3) is 0.867. The van der Waals surface area contributed by atoms with E-state index in [0.717, 1.165) is 13.3 Å². The number of methoxy groups -OCH3 is 1. The molecule has 0 spiro atoms. The lowest BCUT2D eigenvalue weighted by molar-refractivity contribution is -0.216. The first-order chi connectivity index (χ1) is 10.7. The van der Waals surface area contributed by atoms with Crippen LogP contribution in [0.2, 0.25) is 0 Å². The molecule has 0 bridgehead atoms. The van der Waals surface area contributed by atoms with Gasteiger partial charge in [-0.2, -0.15) is 13.2 Å². The van der Waals surface area contributed by atoms with Crippen molar-refractivity contribution < 1.29 is 37.0 Å². The van der Waals surface area contributed by atoms with Gasteiger partial charge in [-0.15, -0.1) is 0 Å². The molecule has 0 saturated heterocycles. The van der Waals surface area contributed by atoms with Crippen LogP contribution in [0.4, 0.5) is 13.2 Å². The minimum absolute atomic E-state index is 0.0258. The van der Waals surface area contributed by atoms with Crippen LogP contribution in [0.5, 0.6) is 0 Å². The van der Waals surface area contributed by atoms with Crippen LogP contribution < -0.4 is 0 Å². The average Bonchev–Trinajstić information content (AvgIpc) is 2.44. The maximum atomic E-state index is 12.2. The molecule has 0 heterocycles. The van der Waals surface area contributed by atoms with Crippen molar-refractivity contribution in [2.24, 2.45) is 5.92 Å². The molecule has 0 aliphatic rings. The number of ether oxygens (including phenoxy) is 3. The Labute approximate surface area is 134 Å². The van der Waals surface area contributed by atoms with Crippen molar-refractivity contribution in [1.29, 1.82) is 0 Å². The van der Waals surface area contributed by atoms with E-state index in [1.807, 2.05) is 6.92 Å². The minimum Gasteiger partial charge on any atom is -0.466 e. The highest BCUT2D eigenvalue weighted by atomic mass is 19.4. The van der Waals surface area contributed by atoms with Crippen molar-refractivity contribution in [3.63, 3.8) is 0 Å². The van der Waals surface area contributed by atoms with Gasteiger partial charge in [-0.05, 0) is 32.1 Å². The molecule has 23 heavy (non-hydrogen) atoms. The van der Waals surface area contributed by atoms with Crippen molar-refractivity contribution in [2.75, 3.05) is 20.3 Å². The van der Waals surface area contributed by atoms with Crippen LogP contribution in [-0.2, 0) is 23.8 Å². The van der Waals surface area contributed by atoms with Gasteiger partial charge in [0.05, 0.1) is 6.61 Å². The molecule has 8 heteroatoms. The summed E-state index contributed by atoms with van der Waals surface area (Å²) in [5.74, 6) is -1.09. The molecule has 0 aliphatic carbocycles. The molecule has 0 radical (unpaired) electrons. The molecule has 2 atom stereocenters. The van der Waals surface area contributed by atoms with Crippen LogP contribution in [0.15, 0.2) is 0 Å². The summed E-state index contributed by atoms with van der Waals surface area (Å²) in [6.07, 6.45) is -5.31. The van der Waals surface area contributed by atoms with Gasteiger partial charge in [-0.25, -0.2) is 0 Å². The number of carbonyl (C=O) groups excluding carboxylic acids is 2. The Balaban J connectivity index is 3.72. The molecular weight excluding hydrogens is 317 g/mol. The summed E-state index contributed by atoms with van der Waals surface area (Å²) >= 11 is 0. The summed E-state index contributed by atoms with van der Waals surface area (Å²) < 4.78 is 50.7. The standard InChI is InChI=1S/C15H25F3O5/c1-11(7-9-21-3)8-10-22-13(19)5-4-6-14(20)23-12(2)15(16,17)18/h11-12H,4-10H2,1-3H3. The zero-order chi connectivity index (χ0) is 17.9. The van der Waals surface area contributed by atoms with Gasteiger partial charge >= 0.3 is 18.1 Å². The van der Waals surface area contributed by atoms with Crippen molar-refractivity contribution in [2.45, 2.75) is 58.2 Å². The van der Waals surface area contributed by atoms with E-state index in [-0.39, 0.29) is 25.9 Å². The quantitative estimate of drug-likeness (QED) is 0.539. The van der Waals surface area contributed by atoms with Gasteiger partial charge in [0.1, 0.15) is 0 Å². The van der Waals surface area contributed by atoms with Crippen molar-refractivity contribution in [3.05, 3.63) is 0 Å². The second kappa shape index (κ2) is 11.3. The number of rotatable bonds is 11. The minimum atomic E-state index is -4.58. The van der Waals surface area contributed by atoms with Crippen LogP contribution in [0, 0.1) is 5.92 Å². The van der Waals surface area contributed by atoms with Gasteiger partial charge in [-0.3, -0.25) is 9.59 Å². The van der Waals surface area contributed by atoms with Gasteiger partial charge in [0.15, 0.2) is 6.10 Å². The number of halogens is 3. The topological polar surface area (TPSA) is 61.8 Å². The number of carbonyl (C=O) groups is 2. The van der Waals surface area contributed by atoms with Gasteiger partial charge in [0, 0.05) is 26.6 Å². The molecule has 136 valence electrons. The monoisotopic (exact) mass is 342 g/mol. The Kier molecular flexibility index (Phi) is 10.6. The summed E-state index contributed by atoms with van der Waals surface area (Å²) in [4.78, 5) is 22.6. The van der Waals surface area contributed by atoms with Gasteiger partial charge < -0.3 is 14.2 Å². The highest BCUT2D eigenvalue weighted by Gasteiger charge is 2.38. The summed E-state index contributed by atoms with van der Waals surface area (Å²) in [7, 11) is 1.62. The third kappa shape index (κ3) is 11.9. The van der Waals surface area contributed by atoms with E-state index in [0.29, 0.717) is 18.9 Å². The van der Waals surface area contributed by atoms with E-state index in [9.17, 15) is 22.8 Å². The van der Waals surface area contributed by atoms with Crippen LogP contribution in [0.25, 0.3) is 0 Å². The molecule has 0 N–H and O–H groups in total. The third-order valence-corrected chi connectivity index (χ3v) is 3.22. The van der Waals surface area contributed by atoms with E-state index in [1.54, 1.807) is 7.11 Å². The lowest BCUT2D eigenvalue weighted by Gasteiger charge is -2.16. The number of hydrogen-bond donors (Lipinski definition) is 0. The number of alkyl halides is 3. The molecule has 0 aromatic heterocycles. The normalized spacial score (nSPS) is 14.2. The third-order valence-electron chi connectivity index (χ3n) is 3.22. The van der Waals surface area contributed by atoms with Crippen LogP contribution in [-0.4, -0.2) is 44.5 Å². The second-order valence-corrected chi connectivity index (χ2v) is 5.42. The first kappa shape index (κ1) is 21.7. The predicted octanol–water partition coefficient (Wildman–Crippen LogP) is 3.26. The fourth-order valence-electron chi connectivity index (χ4n) is 1.61. The Morgan fingerprint density at radius 2 is 1.57 bits per heavy atom. The molecule has 0 aliphatic heterocycles. The largest absolute Gasteiger partial charge is 0.466 e. The predicted molar refractivity (Wildman–Crippen MR) is 76.7 cm³/mol. The molecule has 0 aromatic carbocycles. The van der Waals surface area contributed by atoms with Crippen molar-refractivity contribution in [1.82, 2.24) is 0 Å². The Bertz CT molecular complexity index is 358. The lowest BCUT2D eigenvalue weighted by atomic mass is 10.1. The summed E-state index contributed by atoms with van der Waals surface area (Å²) in [5, 5.41) is 0. The molecule has 2 unspecified atom stereocenters. The van der Waals surface area contributed by atoms with Crippen LogP contribution in [0.1, 0.15) is 46.0 Å². The summed E-state index contributed by atoms with van der Waals surface area (Å²) in [6, 6.07) is 0.